The van der Waals surface area contributed by atoms with Crippen LogP contribution in [0.25, 0.3) is 0 Å². The minimum Gasteiger partial charge on any atom is -0.364 e. The molecule has 1 aromatic rings. The average molecular weight is 333 g/mol. The number of ether oxygens (including phenoxy) is 2. The second-order valence-corrected chi connectivity index (χ2v) is 7.20. The first-order valence-electron chi connectivity index (χ1n) is 9.19. The number of carbonyl (C=O) groups is 1. The Balaban J connectivity index is 1.26. The zero-order valence-corrected chi connectivity index (χ0v) is 14.1. The fraction of sp³-hybridized carbons (Fsp3) is 0.722. The van der Waals surface area contributed by atoms with Crippen LogP contribution in [-0.2, 0) is 14.3 Å². The molecule has 132 valence electrons. The van der Waals surface area contributed by atoms with E-state index in [2.05, 4.69) is 21.3 Å². The average Bonchev–Trinajstić information content (AvgIpc) is 3.31. The molecule has 1 aromatic heterocycles. The summed E-state index contributed by atoms with van der Waals surface area (Å²) in [5, 5.41) is 3.22. The van der Waals surface area contributed by atoms with Crippen molar-refractivity contribution < 1.29 is 14.3 Å². The molecule has 0 aromatic carbocycles. The lowest BCUT2D eigenvalue weighted by Crippen LogP contribution is -2.46. The summed E-state index contributed by atoms with van der Waals surface area (Å²) in [5.74, 6) is -0.211. The van der Waals surface area contributed by atoms with Gasteiger partial charge < -0.3 is 19.8 Å². The molecule has 6 heteroatoms. The van der Waals surface area contributed by atoms with Crippen molar-refractivity contribution in [2.24, 2.45) is 0 Å². The molecule has 2 saturated heterocycles. The summed E-state index contributed by atoms with van der Waals surface area (Å²) in [4.78, 5) is 18.0. The van der Waals surface area contributed by atoms with Crippen LogP contribution in [0, 0.1) is 0 Å². The van der Waals surface area contributed by atoms with Gasteiger partial charge in [0.1, 0.15) is 0 Å². The van der Waals surface area contributed by atoms with Crippen LogP contribution < -0.4 is 5.32 Å². The Hall–Kier alpha value is -1.37. The normalized spacial score (nSPS) is 27.8. The van der Waals surface area contributed by atoms with Gasteiger partial charge >= 0.3 is 0 Å². The molecule has 3 fully saturated rings. The summed E-state index contributed by atoms with van der Waals surface area (Å²) >= 11 is 0. The Morgan fingerprint density at radius 3 is 2.79 bits per heavy atom. The molecule has 2 N–H and O–H groups in total. The van der Waals surface area contributed by atoms with Crippen LogP contribution in [0.15, 0.2) is 18.3 Å². The Morgan fingerprint density at radius 2 is 2.08 bits per heavy atom. The predicted molar refractivity (Wildman–Crippen MR) is 89.4 cm³/mol. The van der Waals surface area contributed by atoms with Gasteiger partial charge in [0.2, 0.25) is 5.91 Å². The Labute approximate surface area is 142 Å². The first kappa shape index (κ1) is 16.1. The number of H-pyrrole nitrogens is 1. The maximum Gasteiger partial charge on any atom is 0.234 e. The van der Waals surface area contributed by atoms with Crippen molar-refractivity contribution in [1.82, 2.24) is 15.2 Å². The summed E-state index contributed by atoms with van der Waals surface area (Å²) in [5.41, 5.74) is 1.22. The number of aromatic nitrogens is 1. The lowest BCUT2D eigenvalue weighted by atomic mass is 9.90. The van der Waals surface area contributed by atoms with Crippen molar-refractivity contribution in [3.05, 3.63) is 24.0 Å². The van der Waals surface area contributed by atoms with E-state index in [4.69, 9.17) is 9.47 Å². The van der Waals surface area contributed by atoms with Crippen LogP contribution in [-0.4, -0.2) is 53.9 Å². The molecule has 2 aliphatic heterocycles. The van der Waals surface area contributed by atoms with E-state index in [9.17, 15) is 4.79 Å². The number of hydrogen-bond acceptors (Lipinski definition) is 4. The zero-order valence-electron chi connectivity index (χ0n) is 14.1. The zero-order chi connectivity index (χ0) is 16.4. The summed E-state index contributed by atoms with van der Waals surface area (Å²) in [7, 11) is 0. The standard InChI is InChI=1S/C18H27N3O3/c22-17(13-21-10-2-4-16(21)15-3-1-9-19-15)20-14-5-7-18(8-6-14)23-11-12-24-18/h1,3,9,14,16,19H,2,4-8,10-13H2,(H,20,22)/t16-/m1/s1. The van der Waals surface area contributed by atoms with E-state index < -0.39 is 0 Å². The summed E-state index contributed by atoms with van der Waals surface area (Å²) in [6.07, 6.45) is 7.86. The van der Waals surface area contributed by atoms with E-state index in [1.807, 2.05) is 12.3 Å². The fourth-order valence-corrected chi connectivity index (χ4v) is 4.36. The van der Waals surface area contributed by atoms with Crippen LogP contribution >= 0.6 is 0 Å². The summed E-state index contributed by atoms with van der Waals surface area (Å²) in [6.45, 7) is 2.88. The van der Waals surface area contributed by atoms with E-state index >= 15 is 0 Å². The first-order chi connectivity index (χ1) is 11.7. The third-order valence-corrected chi connectivity index (χ3v) is 5.62. The molecule has 24 heavy (non-hydrogen) atoms. The second-order valence-electron chi connectivity index (χ2n) is 7.20. The molecule has 0 radical (unpaired) electrons. The van der Waals surface area contributed by atoms with E-state index in [1.165, 1.54) is 5.69 Å². The van der Waals surface area contributed by atoms with Crippen molar-refractivity contribution in [1.29, 1.82) is 0 Å². The van der Waals surface area contributed by atoms with E-state index in [0.717, 1.165) is 45.1 Å². The van der Waals surface area contributed by atoms with Crippen molar-refractivity contribution >= 4 is 5.91 Å². The summed E-state index contributed by atoms with van der Waals surface area (Å²) in [6, 6.07) is 4.74. The molecule has 3 heterocycles. The van der Waals surface area contributed by atoms with Crippen molar-refractivity contribution in [2.45, 2.75) is 56.4 Å². The number of hydrogen-bond donors (Lipinski definition) is 2. The van der Waals surface area contributed by atoms with Gasteiger partial charge in [-0.2, -0.15) is 0 Å². The highest BCUT2D eigenvalue weighted by Gasteiger charge is 2.40. The van der Waals surface area contributed by atoms with Crippen molar-refractivity contribution in [2.75, 3.05) is 26.3 Å². The number of rotatable bonds is 4. The van der Waals surface area contributed by atoms with Crippen LogP contribution in [0.3, 0.4) is 0 Å². The molecule has 1 atom stereocenters. The number of likely N-dealkylation sites (tertiary alicyclic amines) is 1. The molecule has 0 unspecified atom stereocenters. The highest BCUT2D eigenvalue weighted by Crippen LogP contribution is 2.36. The molecule has 1 saturated carbocycles. The molecule has 0 bridgehead atoms. The highest BCUT2D eigenvalue weighted by atomic mass is 16.7. The molecule has 3 aliphatic rings. The van der Waals surface area contributed by atoms with Crippen LogP contribution in [0.5, 0.6) is 0 Å². The number of amides is 1. The molecular formula is C18H27N3O3. The molecule has 1 spiro atoms. The Bertz CT molecular complexity index is 544. The van der Waals surface area contributed by atoms with E-state index in [1.54, 1.807) is 0 Å². The van der Waals surface area contributed by atoms with Crippen molar-refractivity contribution in [3.8, 4) is 0 Å². The van der Waals surface area contributed by atoms with Gasteiger partial charge in [0.25, 0.3) is 0 Å². The number of aromatic amines is 1. The van der Waals surface area contributed by atoms with Crippen LogP contribution in [0.1, 0.15) is 50.3 Å². The van der Waals surface area contributed by atoms with Gasteiger partial charge in [-0.05, 0) is 44.4 Å². The molecule has 1 amide bonds. The minimum atomic E-state index is -0.352. The van der Waals surface area contributed by atoms with Gasteiger partial charge in [0.05, 0.1) is 25.8 Å². The highest BCUT2D eigenvalue weighted by molar-refractivity contribution is 5.78. The van der Waals surface area contributed by atoms with Gasteiger partial charge in [-0.1, -0.05) is 0 Å². The largest absolute Gasteiger partial charge is 0.364 e. The SMILES string of the molecule is O=C(CN1CCC[C@@H]1c1ccc[nH]1)NC1CCC2(CC1)OCCO2. The van der Waals surface area contributed by atoms with Crippen molar-refractivity contribution in [3.63, 3.8) is 0 Å². The fourth-order valence-electron chi connectivity index (χ4n) is 4.36. The van der Waals surface area contributed by atoms with E-state index in [0.29, 0.717) is 25.8 Å². The number of nitrogens with one attached hydrogen (secondary N) is 2. The first-order valence-corrected chi connectivity index (χ1v) is 9.19. The Morgan fingerprint density at radius 1 is 1.29 bits per heavy atom. The van der Waals surface area contributed by atoms with Gasteiger partial charge in [-0.3, -0.25) is 9.69 Å². The van der Waals surface area contributed by atoms with Gasteiger partial charge in [0, 0.05) is 30.8 Å². The quantitative estimate of drug-likeness (QED) is 0.884. The summed E-state index contributed by atoms with van der Waals surface area (Å²) < 4.78 is 11.5. The Kier molecular flexibility index (Phi) is 4.61. The predicted octanol–water partition coefficient (Wildman–Crippen LogP) is 1.95. The molecular weight excluding hydrogens is 306 g/mol. The van der Waals surface area contributed by atoms with Gasteiger partial charge in [-0.15, -0.1) is 0 Å². The maximum atomic E-state index is 12.5. The second kappa shape index (κ2) is 6.86. The minimum absolute atomic E-state index is 0.141. The monoisotopic (exact) mass is 333 g/mol. The van der Waals surface area contributed by atoms with Crippen LogP contribution in [0.4, 0.5) is 0 Å². The number of nitrogens with zero attached hydrogens (tertiary/aromatic N) is 1. The lowest BCUT2D eigenvalue weighted by Gasteiger charge is -2.36. The van der Waals surface area contributed by atoms with Crippen LogP contribution in [0.2, 0.25) is 0 Å². The lowest BCUT2D eigenvalue weighted by molar-refractivity contribution is -0.180. The van der Waals surface area contributed by atoms with Gasteiger partial charge in [-0.25, -0.2) is 0 Å². The maximum absolute atomic E-state index is 12.5. The third-order valence-electron chi connectivity index (χ3n) is 5.62. The molecule has 4 rings (SSSR count). The topological polar surface area (TPSA) is 66.6 Å². The number of carbonyl (C=O) groups excluding carboxylic acids is 1. The van der Waals surface area contributed by atoms with Gasteiger partial charge in [0.15, 0.2) is 5.79 Å². The van der Waals surface area contributed by atoms with E-state index in [-0.39, 0.29) is 17.7 Å². The molecule has 6 nitrogen and oxygen atoms in total. The smallest absolute Gasteiger partial charge is 0.234 e. The third kappa shape index (κ3) is 3.36. The molecule has 1 aliphatic carbocycles.